The highest BCUT2D eigenvalue weighted by molar-refractivity contribution is 7.90. The number of sulfone groups is 1. The number of carbonyl (C=O) groups is 1. The Balaban J connectivity index is 2.01. The fourth-order valence-electron chi connectivity index (χ4n) is 1.77. The first kappa shape index (κ1) is 15.2. The van der Waals surface area contributed by atoms with Crippen LogP contribution in [0.2, 0.25) is 0 Å². The Morgan fingerprint density at radius 1 is 1.14 bits per heavy atom. The lowest BCUT2D eigenvalue weighted by Gasteiger charge is -2.06. The summed E-state index contributed by atoms with van der Waals surface area (Å²) in [4.78, 5) is 15.7. The van der Waals surface area contributed by atoms with Crippen molar-refractivity contribution in [3.8, 4) is 0 Å². The monoisotopic (exact) mass is 304 g/mol. The topological polar surface area (TPSA) is 76.1 Å². The summed E-state index contributed by atoms with van der Waals surface area (Å²) in [5, 5.41) is 2.67. The van der Waals surface area contributed by atoms with Gasteiger partial charge in [0, 0.05) is 6.26 Å². The number of anilines is 1. The molecule has 110 valence electrons. The molecule has 2 rings (SSSR count). The highest BCUT2D eigenvalue weighted by atomic mass is 32.2. The molecule has 0 unspecified atom stereocenters. The second-order valence-electron chi connectivity index (χ2n) is 4.87. The number of hydrogen-bond acceptors (Lipinski definition) is 4. The van der Waals surface area contributed by atoms with Crippen LogP contribution in [0, 0.1) is 6.92 Å². The van der Waals surface area contributed by atoms with Gasteiger partial charge in [0.1, 0.15) is 0 Å². The lowest BCUT2D eigenvalue weighted by atomic mass is 10.1. The van der Waals surface area contributed by atoms with Crippen molar-refractivity contribution in [2.24, 2.45) is 0 Å². The van der Waals surface area contributed by atoms with Crippen molar-refractivity contribution in [2.75, 3.05) is 11.6 Å². The lowest BCUT2D eigenvalue weighted by molar-refractivity contribution is -0.115. The van der Waals surface area contributed by atoms with Gasteiger partial charge in [0.05, 0.1) is 18.3 Å². The number of aromatic nitrogens is 1. The Hall–Kier alpha value is -2.21. The molecule has 1 amide bonds. The number of nitrogens with zero attached hydrogens (tertiary/aromatic N) is 1. The van der Waals surface area contributed by atoms with Crippen LogP contribution in [0.5, 0.6) is 0 Å². The molecule has 1 aromatic heterocycles. The third kappa shape index (κ3) is 4.39. The molecule has 0 saturated carbocycles. The molecule has 2 aromatic rings. The molecule has 5 nitrogen and oxygen atoms in total. The number of benzene rings is 1. The van der Waals surface area contributed by atoms with E-state index in [1.807, 2.05) is 31.2 Å². The minimum atomic E-state index is -3.32. The van der Waals surface area contributed by atoms with E-state index in [2.05, 4.69) is 10.3 Å². The summed E-state index contributed by atoms with van der Waals surface area (Å²) in [5.41, 5.74) is 2.53. The Morgan fingerprint density at radius 2 is 1.81 bits per heavy atom. The average molecular weight is 304 g/mol. The molecule has 1 N–H and O–H groups in total. The van der Waals surface area contributed by atoms with Gasteiger partial charge in [-0.2, -0.15) is 0 Å². The molecule has 0 aliphatic heterocycles. The van der Waals surface area contributed by atoms with Crippen LogP contribution in [0.4, 0.5) is 5.69 Å². The van der Waals surface area contributed by atoms with E-state index < -0.39 is 9.84 Å². The van der Waals surface area contributed by atoms with Gasteiger partial charge in [0.15, 0.2) is 14.9 Å². The minimum absolute atomic E-state index is 0.0148. The standard InChI is InChI=1S/C15H16N2O3S/c1-11-3-5-12(6-4-11)9-14(18)17-13-7-8-15(16-10-13)21(2,19)20/h3-8,10H,9H2,1-2H3,(H,17,18). The maximum atomic E-state index is 11.9. The number of aryl methyl sites for hydroxylation is 1. The van der Waals surface area contributed by atoms with Crippen molar-refractivity contribution in [3.63, 3.8) is 0 Å². The first-order valence-electron chi connectivity index (χ1n) is 6.36. The summed E-state index contributed by atoms with van der Waals surface area (Å²) in [7, 11) is -3.32. The summed E-state index contributed by atoms with van der Waals surface area (Å²) >= 11 is 0. The molecule has 0 aliphatic carbocycles. The van der Waals surface area contributed by atoms with Crippen LogP contribution >= 0.6 is 0 Å². The van der Waals surface area contributed by atoms with Crippen LogP contribution in [0.1, 0.15) is 11.1 Å². The fraction of sp³-hybridized carbons (Fsp3) is 0.200. The Labute approximate surface area is 124 Å². The minimum Gasteiger partial charge on any atom is -0.324 e. The largest absolute Gasteiger partial charge is 0.324 e. The molecule has 0 radical (unpaired) electrons. The molecule has 0 fully saturated rings. The Kier molecular flexibility index (Phi) is 4.37. The van der Waals surface area contributed by atoms with Crippen molar-refractivity contribution in [2.45, 2.75) is 18.4 Å². The summed E-state index contributed by atoms with van der Waals surface area (Å²) in [6, 6.07) is 10.6. The molecule has 0 saturated heterocycles. The Bertz CT molecular complexity index is 735. The smallest absolute Gasteiger partial charge is 0.228 e. The summed E-state index contributed by atoms with van der Waals surface area (Å²) in [6.45, 7) is 1.98. The van der Waals surface area contributed by atoms with E-state index in [9.17, 15) is 13.2 Å². The van der Waals surface area contributed by atoms with E-state index in [-0.39, 0.29) is 17.4 Å². The predicted molar refractivity (Wildman–Crippen MR) is 80.9 cm³/mol. The number of nitrogens with one attached hydrogen (secondary N) is 1. The van der Waals surface area contributed by atoms with Crippen molar-refractivity contribution in [1.29, 1.82) is 0 Å². The molecule has 1 heterocycles. The quantitative estimate of drug-likeness (QED) is 0.937. The van der Waals surface area contributed by atoms with Gasteiger partial charge in [-0.15, -0.1) is 0 Å². The van der Waals surface area contributed by atoms with Gasteiger partial charge >= 0.3 is 0 Å². The lowest BCUT2D eigenvalue weighted by Crippen LogP contribution is -2.14. The molecule has 0 atom stereocenters. The highest BCUT2D eigenvalue weighted by Gasteiger charge is 2.09. The third-order valence-corrected chi connectivity index (χ3v) is 3.89. The molecular weight excluding hydrogens is 288 g/mol. The SMILES string of the molecule is Cc1ccc(CC(=O)Nc2ccc(S(C)(=O)=O)nc2)cc1. The number of rotatable bonds is 4. The van der Waals surface area contributed by atoms with Gasteiger partial charge in [0.2, 0.25) is 5.91 Å². The van der Waals surface area contributed by atoms with E-state index >= 15 is 0 Å². The van der Waals surface area contributed by atoms with Crippen molar-refractivity contribution in [1.82, 2.24) is 4.98 Å². The average Bonchev–Trinajstić information content (AvgIpc) is 2.41. The fourth-order valence-corrected chi connectivity index (χ4v) is 2.33. The van der Waals surface area contributed by atoms with Gasteiger partial charge < -0.3 is 5.32 Å². The number of hydrogen-bond donors (Lipinski definition) is 1. The number of amides is 1. The van der Waals surface area contributed by atoms with E-state index in [1.165, 1.54) is 18.3 Å². The third-order valence-electron chi connectivity index (χ3n) is 2.89. The first-order chi connectivity index (χ1) is 9.84. The number of carbonyl (C=O) groups excluding carboxylic acids is 1. The summed E-state index contributed by atoms with van der Waals surface area (Å²) in [5.74, 6) is -0.173. The zero-order chi connectivity index (χ0) is 15.5. The molecular formula is C15H16N2O3S. The predicted octanol–water partition coefficient (Wildman–Crippen LogP) is 1.97. The van der Waals surface area contributed by atoms with Gasteiger partial charge in [-0.25, -0.2) is 13.4 Å². The van der Waals surface area contributed by atoms with Gasteiger partial charge in [-0.3, -0.25) is 4.79 Å². The molecule has 21 heavy (non-hydrogen) atoms. The van der Waals surface area contributed by atoms with E-state index in [0.29, 0.717) is 5.69 Å². The Morgan fingerprint density at radius 3 is 2.33 bits per heavy atom. The maximum absolute atomic E-state index is 11.9. The van der Waals surface area contributed by atoms with Crippen LogP contribution in [0.25, 0.3) is 0 Å². The van der Waals surface area contributed by atoms with Crippen LogP contribution in [-0.2, 0) is 21.1 Å². The van der Waals surface area contributed by atoms with Crippen molar-refractivity contribution in [3.05, 3.63) is 53.7 Å². The van der Waals surface area contributed by atoms with Crippen LogP contribution < -0.4 is 5.32 Å². The zero-order valence-corrected chi connectivity index (χ0v) is 12.6. The molecule has 0 aliphatic rings. The van der Waals surface area contributed by atoms with Crippen LogP contribution in [-0.4, -0.2) is 25.6 Å². The van der Waals surface area contributed by atoms with Gasteiger partial charge in [-0.05, 0) is 24.6 Å². The van der Waals surface area contributed by atoms with E-state index in [1.54, 1.807) is 0 Å². The van der Waals surface area contributed by atoms with Gasteiger partial charge in [-0.1, -0.05) is 29.8 Å². The summed E-state index contributed by atoms with van der Waals surface area (Å²) in [6.07, 6.45) is 2.68. The highest BCUT2D eigenvalue weighted by Crippen LogP contribution is 2.11. The molecule has 0 bridgehead atoms. The van der Waals surface area contributed by atoms with Crippen LogP contribution in [0.15, 0.2) is 47.6 Å². The molecule has 1 aromatic carbocycles. The van der Waals surface area contributed by atoms with E-state index in [4.69, 9.17) is 0 Å². The first-order valence-corrected chi connectivity index (χ1v) is 8.25. The van der Waals surface area contributed by atoms with E-state index in [0.717, 1.165) is 17.4 Å². The van der Waals surface area contributed by atoms with Crippen molar-refractivity contribution < 1.29 is 13.2 Å². The summed E-state index contributed by atoms with van der Waals surface area (Å²) < 4.78 is 22.6. The molecule has 6 heteroatoms. The zero-order valence-electron chi connectivity index (χ0n) is 11.8. The maximum Gasteiger partial charge on any atom is 0.228 e. The van der Waals surface area contributed by atoms with Crippen molar-refractivity contribution >= 4 is 21.4 Å². The number of pyridine rings is 1. The second-order valence-corrected chi connectivity index (χ2v) is 6.83. The second kappa shape index (κ2) is 6.05. The molecule has 0 spiro atoms. The van der Waals surface area contributed by atoms with Crippen LogP contribution in [0.3, 0.4) is 0 Å². The van der Waals surface area contributed by atoms with Gasteiger partial charge in [0.25, 0.3) is 0 Å². The normalized spacial score (nSPS) is 11.1.